The fourth-order valence-electron chi connectivity index (χ4n) is 5.06. The molecule has 36 heavy (non-hydrogen) atoms. The van der Waals surface area contributed by atoms with Crippen molar-refractivity contribution in [1.29, 1.82) is 0 Å². The van der Waals surface area contributed by atoms with Crippen LogP contribution < -0.4 is 4.74 Å². The lowest BCUT2D eigenvalue weighted by atomic mass is 9.90. The minimum absolute atomic E-state index is 0.0497. The van der Waals surface area contributed by atoms with Crippen LogP contribution >= 0.6 is 0 Å². The summed E-state index contributed by atoms with van der Waals surface area (Å²) in [6.45, 7) is 5.06. The maximum Gasteiger partial charge on any atom is 0.119 e. The maximum atomic E-state index is 10.5. The molecule has 1 unspecified atom stereocenters. The molecular formula is C30H34O6. The van der Waals surface area contributed by atoms with Crippen LogP contribution in [0, 0.1) is 13.8 Å². The Kier molecular flexibility index (Phi) is 7.42. The van der Waals surface area contributed by atoms with E-state index in [9.17, 15) is 15.3 Å². The molecule has 0 radical (unpaired) electrons. The Hall–Kier alpha value is -2.74. The Bertz CT molecular complexity index is 1190. The Morgan fingerprint density at radius 2 is 1.78 bits per heavy atom. The lowest BCUT2D eigenvalue weighted by Crippen LogP contribution is -2.44. The Morgan fingerprint density at radius 3 is 2.56 bits per heavy atom. The molecule has 0 aromatic heterocycles. The molecule has 0 aliphatic carbocycles. The number of benzene rings is 3. The van der Waals surface area contributed by atoms with Crippen molar-refractivity contribution in [3.05, 3.63) is 99.6 Å². The molecular weight excluding hydrogens is 456 g/mol. The molecule has 0 spiro atoms. The van der Waals surface area contributed by atoms with Gasteiger partial charge >= 0.3 is 0 Å². The number of rotatable bonds is 7. The third kappa shape index (κ3) is 5.33. The minimum Gasteiger partial charge on any atom is -0.491 e. The van der Waals surface area contributed by atoms with Crippen LogP contribution in [-0.4, -0.2) is 46.8 Å². The minimum atomic E-state index is -1.03. The Morgan fingerprint density at radius 1 is 0.972 bits per heavy atom. The van der Waals surface area contributed by atoms with Gasteiger partial charge in [-0.15, -0.1) is 0 Å². The smallest absolute Gasteiger partial charge is 0.119 e. The van der Waals surface area contributed by atoms with Crippen molar-refractivity contribution < 1.29 is 29.5 Å². The van der Waals surface area contributed by atoms with Gasteiger partial charge in [0.25, 0.3) is 0 Å². The van der Waals surface area contributed by atoms with E-state index in [-0.39, 0.29) is 19.1 Å². The highest BCUT2D eigenvalue weighted by Gasteiger charge is 2.37. The van der Waals surface area contributed by atoms with Crippen molar-refractivity contribution in [3.8, 4) is 5.75 Å². The zero-order chi connectivity index (χ0) is 25.2. The van der Waals surface area contributed by atoms with Gasteiger partial charge in [0.2, 0.25) is 0 Å². The first-order chi connectivity index (χ1) is 17.4. The number of aliphatic hydroxyl groups is 3. The average molecular weight is 491 g/mol. The van der Waals surface area contributed by atoms with Crippen LogP contribution in [0.15, 0.2) is 60.7 Å². The van der Waals surface area contributed by atoms with E-state index < -0.39 is 24.4 Å². The van der Waals surface area contributed by atoms with E-state index in [2.05, 4.69) is 44.2 Å². The standard InChI is InChI=1S/C30H34O6/c1-18-3-7-22-16-35-28(26(22)11-18)17-34-24-9-5-20(6-10-24)12-23-13-21(8-4-19(23)2)30-29(33)27(32)14-25(15-31)36-30/h3-11,13,25,27-33H,12,14-17H2,1-2H3/t25-,27-,28?,29+,30-/m0/s1. The molecule has 190 valence electrons. The zero-order valence-electron chi connectivity index (χ0n) is 20.8. The predicted octanol–water partition coefficient (Wildman–Crippen LogP) is 4.09. The fraction of sp³-hybridized carbons (Fsp3) is 0.400. The summed E-state index contributed by atoms with van der Waals surface area (Å²) in [5.41, 5.74) is 7.86. The summed E-state index contributed by atoms with van der Waals surface area (Å²) >= 11 is 0. The van der Waals surface area contributed by atoms with Crippen molar-refractivity contribution in [2.24, 2.45) is 0 Å². The van der Waals surface area contributed by atoms with E-state index in [4.69, 9.17) is 14.2 Å². The third-order valence-corrected chi connectivity index (χ3v) is 7.26. The molecule has 2 heterocycles. The van der Waals surface area contributed by atoms with Crippen molar-refractivity contribution >= 4 is 0 Å². The first kappa shape index (κ1) is 24.9. The highest BCUT2D eigenvalue weighted by Crippen LogP contribution is 2.34. The van der Waals surface area contributed by atoms with Gasteiger partial charge in [0.1, 0.15) is 30.7 Å². The summed E-state index contributed by atoms with van der Waals surface area (Å²) in [7, 11) is 0. The van der Waals surface area contributed by atoms with Crippen molar-refractivity contribution in [1.82, 2.24) is 0 Å². The molecule has 2 aliphatic heterocycles. The summed E-state index contributed by atoms with van der Waals surface area (Å²) in [5, 5.41) is 30.2. The van der Waals surface area contributed by atoms with Crippen LogP contribution in [0.3, 0.4) is 0 Å². The second-order valence-corrected chi connectivity index (χ2v) is 9.97. The van der Waals surface area contributed by atoms with E-state index in [0.29, 0.717) is 19.6 Å². The molecule has 6 nitrogen and oxygen atoms in total. The van der Waals surface area contributed by atoms with Crippen LogP contribution in [0.25, 0.3) is 0 Å². The Balaban J connectivity index is 1.24. The lowest BCUT2D eigenvalue weighted by Gasteiger charge is -2.37. The van der Waals surface area contributed by atoms with Crippen LogP contribution in [0.5, 0.6) is 5.75 Å². The second-order valence-electron chi connectivity index (χ2n) is 9.97. The molecule has 0 amide bonds. The summed E-state index contributed by atoms with van der Waals surface area (Å²) in [6.07, 6.45) is -2.23. The Labute approximate surface area is 212 Å². The fourth-order valence-corrected chi connectivity index (χ4v) is 5.06. The molecule has 6 heteroatoms. The number of ether oxygens (including phenoxy) is 3. The molecule has 2 aliphatic rings. The van der Waals surface area contributed by atoms with Crippen molar-refractivity contribution in [2.45, 2.75) is 63.8 Å². The normalized spacial score (nSPS) is 25.5. The van der Waals surface area contributed by atoms with Crippen LogP contribution in [0.4, 0.5) is 0 Å². The van der Waals surface area contributed by atoms with E-state index >= 15 is 0 Å². The second kappa shape index (κ2) is 10.7. The van der Waals surface area contributed by atoms with E-state index in [1.54, 1.807) is 0 Å². The van der Waals surface area contributed by atoms with Crippen LogP contribution in [0.1, 0.15) is 57.6 Å². The molecule has 0 bridgehead atoms. The van der Waals surface area contributed by atoms with E-state index in [0.717, 1.165) is 28.0 Å². The van der Waals surface area contributed by atoms with Gasteiger partial charge in [-0.25, -0.2) is 0 Å². The van der Waals surface area contributed by atoms with Gasteiger partial charge in [0.15, 0.2) is 0 Å². The molecule has 3 aromatic carbocycles. The van der Waals surface area contributed by atoms with Gasteiger partial charge in [0.05, 0.1) is 25.4 Å². The maximum absolute atomic E-state index is 10.5. The number of fused-ring (bicyclic) bond motifs is 1. The number of hydrogen-bond acceptors (Lipinski definition) is 6. The third-order valence-electron chi connectivity index (χ3n) is 7.26. The summed E-state index contributed by atoms with van der Waals surface area (Å²) in [4.78, 5) is 0. The predicted molar refractivity (Wildman–Crippen MR) is 136 cm³/mol. The highest BCUT2D eigenvalue weighted by molar-refractivity contribution is 5.39. The summed E-state index contributed by atoms with van der Waals surface area (Å²) < 4.78 is 17.8. The monoisotopic (exact) mass is 490 g/mol. The summed E-state index contributed by atoms with van der Waals surface area (Å²) in [6, 6.07) is 20.5. The van der Waals surface area contributed by atoms with Gasteiger partial charge < -0.3 is 29.5 Å². The molecule has 1 fully saturated rings. The number of aryl methyl sites for hydroxylation is 2. The largest absolute Gasteiger partial charge is 0.491 e. The van der Waals surface area contributed by atoms with Crippen molar-refractivity contribution in [3.63, 3.8) is 0 Å². The highest BCUT2D eigenvalue weighted by atomic mass is 16.5. The topological polar surface area (TPSA) is 88.4 Å². The van der Waals surface area contributed by atoms with Crippen LogP contribution in [-0.2, 0) is 22.5 Å². The molecule has 0 saturated carbocycles. The molecule has 3 aromatic rings. The first-order valence-corrected chi connectivity index (χ1v) is 12.6. The van der Waals surface area contributed by atoms with Gasteiger partial charge in [-0.3, -0.25) is 0 Å². The van der Waals surface area contributed by atoms with Crippen LogP contribution in [0.2, 0.25) is 0 Å². The lowest BCUT2D eigenvalue weighted by molar-refractivity contribution is -0.179. The van der Waals surface area contributed by atoms with Gasteiger partial charge in [-0.1, -0.05) is 54.1 Å². The molecule has 5 atom stereocenters. The number of hydrogen-bond donors (Lipinski definition) is 3. The quantitative estimate of drug-likeness (QED) is 0.462. The summed E-state index contributed by atoms with van der Waals surface area (Å²) in [5.74, 6) is 0.802. The average Bonchev–Trinajstić information content (AvgIpc) is 3.28. The SMILES string of the molecule is Cc1ccc2c(c1)C(COc1ccc(Cc3cc([C@@H]4O[C@H](CO)C[C@H](O)[C@H]4O)ccc3C)cc1)OC2. The zero-order valence-corrected chi connectivity index (χ0v) is 20.8. The first-order valence-electron chi connectivity index (χ1n) is 12.6. The molecule has 1 saturated heterocycles. The van der Waals surface area contributed by atoms with Gasteiger partial charge in [-0.05, 0) is 65.8 Å². The van der Waals surface area contributed by atoms with E-state index in [1.807, 2.05) is 30.3 Å². The number of aliphatic hydroxyl groups excluding tert-OH is 3. The molecule has 5 rings (SSSR count). The van der Waals surface area contributed by atoms with Crippen molar-refractivity contribution in [2.75, 3.05) is 13.2 Å². The van der Waals surface area contributed by atoms with Gasteiger partial charge in [0, 0.05) is 6.42 Å². The van der Waals surface area contributed by atoms with E-state index in [1.165, 1.54) is 16.7 Å². The van der Waals surface area contributed by atoms with Gasteiger partial charge in [-0.2, -0.15) is 0 Å². The molecule has 3 N–H and O–H groups in total.